The summed E-state index contributed by atoms with van der Waals surface area (Å²) in [4.78, 5) is 13.0. The van der Waals surface area contributed by atoms with E-state index in [1.165, 1.54) is 0 Å². The largest absolute Gasteiger partial charge is 0.481 e. The van der Waals surface area contributed by atoms with Gasteiger partial charge in [-0.25, -0.2) is 0 Å². The molecule has 5 heteroatoms. The molecule has 0 fully saturated rings. The minimum atomic E-state index is -0.744. The summed E-state index contributed by atoms with van der Waals surface area (Å²) in [7, 11) is 1.90. The predicted molar refractivity (Wildman–Crippen MR) is 65.7 cm³/mol. The van der Waals surface area contributed by atoms with Gasteiger partial charge in [0.25, 0.3) is 0 Å². The SMILES string of the molecule is CCN(Cc1cn(C)nc1C)CC(C)C(=O)O. The van der Waals surface area contributed by atoms with Crippen LogP contribution < -0.4 is 0 Å². The molecular formula is C12H21N3O2. The molecular weight excluding hydrogens is 218 g/mol. The van der Waals surface area contributed by atoms with Gasteiger partial charge in [0.2, 0.25) is 0 Å². The Labute approximate surface area is 102 Å². The number of carboxylic acids is 1. The normalized spacial score (nSPS) is 13.0. The van der Waals surface area contributed by atoms with Gasteiger partial charge in [-0.3, -0.25) is 14.4 Å². The van der Waals surface area contributed by atoms with Crippen LogP contribution in [0.2, 0.25) is 0 Å². The molecule has 0 aliphatic rings. The van der Waals surface area contributed by atoms with Crippen molar-refractivity contribution in [2.45, 2.75) is 27.3 Å². The van der Waals surface area contributed by atoms with Crippen LogP contribution in [-0.2, 0) is 18.4 Å². The van der Waals surface area contributed by atoms with Crippen molar-refractivity contribution in [2.24, 2.45) is 13.0 Å². The van der Waals surface area contributed by atoms with Crippen LogP contribution in [0, 0.1) is 12.8 Å². The Bertz CT molecular complexity index is 387. The van der Waals surface area contributed by atoms with Gasteiger partial charge in [-0.2, -0.15) is 5.10 Å². The molecule has 0 spiro atoms. The van der Waals surface area contributed by atoms with Gasteiger partial charge in [0.1, 0.15) is 0 Å². The molecule has 0 aromatic carbocycles. The molecule has 0 saturated carbocycles. The van der Waals surface area contributed by atoms with Crippen LogP contribution in [0.3, 0.4) is 0 Å². The van der Waals surface area contributed by atoms with Gasteiger partial charge in [-0.05, 0) is 13.5 Å². The smallest absolute Gasteiger partial charge is 0.307 e. The van der Waals surface area contributed by atoms with Crippen LogP contribution in [0.15, 0.2) is 6.20 Å². The highest BCUT2D eigenvalue weighted by Crippen LogP contribution is 2.10. The third-order valence-corrected chi connectivity index (χ3v) is 2.91. The average molecular weight is 239 g/mol. The van der Waals surface area contributed by atoms with Crippen LogP contribution in [-0.4, -0.2) is 38.8 Å². The van der Waals surface area contributed by atoms with E-state index in [1.54, 1.807) is 11.6 Å². The first-order valence-electron chi connectivity index (χ1n) is 5.88. The fourth-order valence-electron chi connectivity index (χ4n) is 1.82. The number of carbonyl (C=O) groups is 1. The van der Waals surface area contributed by atoms with E-state index < -0.39 is 5.97 Å². The molecule has 0 bridgehead atoms. The molecule has 0 saturated heterocycles. The highest BCUT2D eigenvalue weighted by atomic mass is 16.4. The molecule has 1 N–H and O–H groups in total. The Balaban J connectivity index is 2.64. The first-order chi connectivity index (χ1) is 7.93. The Morgan fingerprint density at radius 3 is 2.71 bits per heavy atom. The van der Waals surface area contributed by atoms with E-state index in [1.807, 2.05) is 27.1 Å². The maximum absolute atomic E-state index is 10.8. The van der Waals surface area contributed by atoms with Crippen molar-refractivity contribution in [3.63, 3.8) is 0 Å². The molecule has 1 rings (SSSR count). The van der Waals surface area contributed by atoms with Gasteiger partial charge >= 0.3 is 5.97 Å². The zero-order valence-electron chi connectivity index (χ0n) is 11.0. The predicted octanol–water partition coefficient (Wildman–Crippen LogP) is 1.27. The third kappa shape index (κ3) is 3.85. The number of aryl methyl sites for hydroxylation is 2. The first-order valence-corrected chi connectivity index (χ1v) is 5.88. The lowest BCUT2D eigenvalue weighted by Gasteiger charge is -2.22. The van der Waals surface area contributed by atoms with E-state index in [-0.39, 0.29) is 5.92 Å². The zero-order valence-corrected chi connectivity index (χ0v) is 11.0. The summed E-state index contributed by atoms with van der Waals surface area (Å²) in [6, 6.07) is 0. The van der Waals surface area contributed by atoms with Crippen LogP contribution >= 0.6 is 0 Å². The molecule has 17 heavy (non-hydrogen) atoms. The summed E-state index contributed by atoms with van der Waals surface area (Å²) >= 11 is 0. The summed E-state index contributed by atoms with van der Waals surface area (Å²) in [5, 5.41) is 13.2. The van der Waals surface area contributed by atoms with E-state index in [2.05, 4.69) is 10.00 Å². The van der Waals surface area contributed by atoms with Gasteiger partial charge in [-0.15, -0.1) is 0 Å². The van der Waals surface area contributed by atoms with Gasteiger partial charge in [-0.1, -0.05) is 13.8 Å². The minimum absolute atomic E-state index is 0.341. The maximum Gasteiger partial charge on any atom is 0.307 e. The van der Waals surface area contributed by atoms with Gasteiger partial charge in [0.15, 0.2) is 0 Å². The lowest BCUT2D eigenvalue weighted by atomic mass is 10.1. The van der Waals surface area contributed by atoms with E-state index in [4.69, 9.17) is 5.11 Å². The summed E-state index contributed by atoms with van der Waals surface area (Å²) in [6.07, 6.45) is 1.99. The number of rotatable bonds is 6. The molecule has 5 nitrogen and oxygen atoms in total. The highest BCUT2D eigenvalue weighted by molar-refractivity contribution is 5.69. The van der Waals surface area contributed by atoms with E-state index in [0.717, 1.165) is 24.3 Å². The topological polar surface area (TPSA) is 58.4 Å². The van der Waals surface area contributed by atoms with E-state index in [0.29, 0.717) is 6.54 Å². The number of hydrogen-bond donors (Lipinski definition) is 1. The Hall–Kier alpha value is -1.36. The summed E-state index contributed by atoms with van der Waals surface area (Å²) in [5.41, 5.74) is 2.17. The number of nitrogens with zero attached hydrogens (tertiary/aromatic N) is 3. The second kappa shape index (κ2) is 5.82. The fourth-order valence-corrected chi connectivity index (χ4v) is 1.82. The number of carboxylic acid groups (broad SMARTS) is 1. The third-order valence-electron chi connectivity index (χ3n) is 2.91. The molecule has 0 aliphatic heterocycles. The van der Waals surface area contributed by atoms with Crippen molar-refractivity contribution in [2.75, 3.05) is 13.1 Å². The van der Waals surface area contributed by atoms with Crippen molar-refractivity contribution in [1.82, 2.24) is 14.7 Å². The maximum atomic E-state index is 10.8. The number of hydrogen-bond acceptors (Lipinski definition) is 3. The molecule has 1 atom stereocenters. The van der Waals surface area contributed by atoms with Crippen LogP contribution in [0.1, 0.15) is 25.1 Å². The Kier molecular flexibility index (Phi) is 4.69. The quantitative estimate of drug-likeness (QED) is 0.812. The lowest BCUT2D eigenvalue weighted by Crippen LogP contribution is -2.31. The summed E-state index contributed by atoms with van der Waals surface area (Å²) in [6.45, 7) is 7.92. The summed E-state index contributed by atoms with van der Waals surface area (Å²) in [5.74, 6) is -1.08. The Morgan fingerprint density at radius 1 is 1.65 bits per heavy atom. The molecule has 1 aromatic rings. The lowest BCUT2D eigenvalue weighted by molar-refractivity contribution is -0.141. The van der Waals surface area contributed by atoms with Crippen LogP contribution in [0.25, 0.3) is 0 Å². The molecule has 96 valence electrons. The number of aromatic nitrogens is 2. The minimum Gasteiger partial charge on any atom is -0.481 e. The van der Waals surface area contributed by atoms with Crippen molar-refractivity contribution in [3.8, 4) is 0 Å². The highest BCUT2D eigenvalue weighted by Gasteiger charge is 2.16. The summed E-state index contributed by atoms with van der Waals surface area (Å²) < 4.78 is 1.79. The monoisotopic (exact) mass is 239 g/mol. The van der Waals surface area contributed by atoms with Crippen molar-refractivity contribution in [3.05, 3.63) is 17.5 Å². The van der Waals surface area contributed by atoms with Crippen LogP contribution in [0.5, 0.6) is 0 Å². The molecule has 0 radical (unpaired) electrons. The van der Waals surface area contributed by atoms with Crippen LogP contribution in [0.4, 0.5) is 0 Å². The van der Waals surface area contributed by atoms with E-state index in [9.17, 15) is 4.79 Å². The zero-order chi connectivity index (χ0) is 13.0. The van der Waals surface area contributed by atoms with Crippen molar-refractivity contribution < 1.29 is 9.90 Å². The molecule has 0 aliphatic carbocycles. The fraction of sp³-hybridized carbons (Fsp3) is 0.667. The number of aliphatic carboxylic acids is 1. The first kappa shape index (κ1) is 13.7. The second-order valence-corrected chi connectivity index (χ2v) is 4.48. The van der Waals surface area contributed by atoms with Gasteiger partial charge in [0.05, 0.1) is 11.6 Å². The van der Waals surface area contributed by atoms with Gasteiger partial charge < -0.3 is 5.11 Å². The second-order valence-electron chi connectivity index (χ2n) is 4.48. The molecule has 0 amide bonds. The van der Waals surface area contributed by atoms with Crippen molar-refractivity contribution >= 4 is 5.97 Å². The van der Waals surface area contributed by atoms with Gasteiger partial charge in [0, 0.05) is 31.9 Å². The average Bonchev–Trinajstić information content (AvgIpc) is 2.56. The molecule has 1 heterocycles. The van der Waals surface area contributed by atoms with E-state index >= 15 is 0 Å². The molecule has 1 aromatic heterocycles. The standard InChI is InChI=1S/C12H21N3O2/c1-5-15(6-9(2)12(16)17)8-11-7-14(4)13-10(11)3/h7,9H,5-6,8H2,1-4H3,(H,16,17). The van der Waals surface area contributed by atoms with Crippen molar-refractivity contribution in [1.29, 1.82) is 0 Å². The molecule has 1 unspecified atom stereocenters. The Morgan fingerprint density at radius 2 is 2.29 bits per heavy atom.